The molecule has 1 N–H and O–H groups in total. The fourth-order valence-electron chi connectivity index (χ4n) is 3.18. The minimum Gasteiger partial charge on any atom is -0.392 e. The number of hydrogen-bond acceptors (Lipinski definition) is 2. The first kappa shape index (κ1) is 11.4. The second-order valence-corrected chi connectivity index (χ2v) is 6.26. The van der Waals surface area contributed by atoms with Crippen molar-refractivity contribution < 1.29 is 9.84 Å². The summed E-state index contributed by atoms with van der Waals surface area (Å²) >= 11 is 0. The molecular formula is C13H24O2. The van der Waals surface area contributed by atoms with Gasteiger partial charge >= 0.3 is 0 Å². The van der Waals surface area contributed by atoms with Gasteiger partial charge < -0.3 is 9.84 Å². The lowest BCUT2D eigenvalue weighted by molar-refractivity contribution is -0.237. The van der Waals surface area contributed by atoms with Crippen molar-refractivity contribution in [2.45, 2.75) is 77.1 Å². The molecule has 0 aromatic carbocycles. The predicted molar refractivity (Wildman–Crippen MR) is 60.8 cm³/mol. The molecule has 0 amide bonds. The van der Waals surface area contributed by atoms with Crippen molar-refractivity contribution in [3.8, 4) is 0 Å². The molecule has 2 aliphatic rings. The minimum atomic E-state index is -0.106. The molecule has 0 radical (unpaired) electrons. The molecule has 0 aliphatic heterocycles. The normalized spacial score (nSPS) is 35.2. The van der Waals surface area contributed by atoms with Crippen molar-refractivity contribution >= 4 is 0 Å². The quantitative estimate of drug-likeness (QED) is 0.724. The summed E-state index contributed by atoms with van der Waals surface area (Å²) in [7, 11) is 0. The molecule has 0 heterocycles. The highest BCUT2D eigenvalue weighted by atomic mass is 16.5. The zero-order chi connectivity index (χ0) is 11.1. The van der Waals surface area contributed by atoms with Crippen LogP contribution in [0, 0.1) is 5.41 Å². The summed E-state index contributed by atoms with van der Waals surface area (Å²) in [6.45, 7) is 6.32. The van der Waals surface area contributed by atoms with Crippen LogP contribution in [-0.2, 0) is 4.74 Å². The van der Waals surface area contributed by atoms with Crippen LogP contribution in [0.2, 0.25) is 0 Å². The van der Waals surface area contributed by atoms with Gasteiger partial charge in [0.25, 0.3) is 0 Å². The Morgan fingerprint density at radius 2 is 1.73 bits per heavy atom. The zero-order valence-corrected chi connectivity index (χ0v) is 10.3. The van der Waals surface area contributed by atoms with Crippen molar-refractivity contribution in [1.29, 1.82) is 0 Å². The van der Waals surface area contributed by atoms with Crippen LogP contribution in [0.5, 0.6) is 0 Å². The first-order chi connectivity index (χ1) is 6.94. The van der Waals surface area contributed by atoms with Gasteiger partial charge in [0.2, 0.25) is 0 Å². The van der Waals surface area contributed by atoms with E-state index in [4.69, 9.17) is 4.74 Å². The highest BCUT2D eigenvalue weighted by Gasteiger charge is 2.55. The van der Waals surface area contributed by atoms with Crippen molar-refractivity contribution in [1.82, 2.24) is 0 Å². The Morgan fingerprint density at radius 3 is 2.20 bits per heavy atom. The SMILES string of the molecule is CC(C)(C)OC1CC(O)C12CCCCC2. The van der Waals surface area contributed by atoms with E-state index in [9.17, 15) is 5.11 Å². The Hall–Kier alpha value is -0.0800. The van der Waals surface area contributed by atoms with Crippen molar-refractivity contribution in [3.63, 3.8) is 0 Å². The first-order valence-corrected chi connectivity index (χ1v) is 6.30. The Morgan fingerprint density at radius 1 is 1.13 bits per heavy atom. The number of rotatable bonds is 1. The number of aliphatic hydroxyl groups is 1. The molecule has 2 nitrogen and oxygen atoms in total. The highest BCUT2D eigenvalue weighted by Crippen LogP contribution is 2.54. The van der Waals surface area contributed by atoms with Crippen LogP contribution in [-0.4, -0.2) is 22.9 Å². The van der Waals surface area contributed by atoms with Gasteiger partial charge in [-0.05, 0) is 33.6 Å². The van der Waals surface area contributed by atoms with Gasteiger partial charge in [0, 0.05) is 11.8 Å². The summed E-state index contributed by atoms with van der Waals surface area (Å²) in [6.07, 6.45) is 7.22. The van der Waals surface area contributed by atoms with Crippen LogP contribution in [0.3, 0.4) is 0 Å². The Kier molecular flexibility index (Phi) is 2.85. The van der Waals surface area contributed by atoms with Crippen LogP contribution in [0.25, 0.3) is 0 Å². The van der Waals surface area contributed by atoms with E-state index in [0.717, 1.165) is 19.3 Å². The molecule has 0 aromatic heterocycles. The highest BCUT2D eigenvalue weighted by molar-refractivity contribution is 5.05. The summed E-state index contributed by atoms with van der Waals surface area (Å²) in [5.74, 6) is 0. The Labute approximate surface area is 93.0 Å². The van der Waals surface area contributed by atoms with E-state index in [1.807, 2.05) is 0 Å². The second-order valence-electron chi connectivity index (χ2n) is 6.26. The summed E-state index contributed by atoms with van der Waals surface area (Å²) in [5, 5.41) is 10.0. The summed E-state index contributed by atoms with van der Waals surface area (Å²) in [4.78, 5) is 0. The van der Waals surface area contributed by atoms with E-state index in [2.05, 4.69) is 20.8 Å². The maximum Gasteiger partial charge on any atom is 0.0688 e. The van der Waals surface area contributed by atoms with Gasteiger partial charge in [0.15, 0.2) is 0 Å². The molecule has 1 spiro atoms. The lowest BCUT2D eigenvalue weighted by Gasteiger charge is -2.56. The van der Waals surface area contributed by atoms with Crippen LogP contribution >= 0.6 is 0 Å². The van der Waals surface area contributed by atoms with Gasteiger partial charge in [0.05, 0.1) is 17.8 Å². The topological polar surface area (TPSA) is 29.5 Å². The molecule has 0 saturated heterocycles. The van der Waals surface area contributed by atoms with Crippen molar-refractivity contribution in [2.75, 3.05) is 0 Å². The van der Waals surface area contributed by atoms with Crippen molar-refractivity contribution in [2.24, 2.45) is 5.41 Å². The average Bonchev–Trinajstić information content (AvgIpc) is 2.17. The van der Waals surface area contributed by atoms with Gasteiger partial charge in [0.1, 0.15) is 0 Å². The molecule has 2 heteroatoms. The van der Waals surface area contributed by atoms with Gasteiger partial charge in [-0.1, -0.05) is 19.3 Å². The van der Waals surface area contributed by atoms with E-state index in [1.165, 1.54) is 19.3 Å². The maximum atomic E-state index is 10.0. The van der Waals surface area contributed by atoms with Gasteiger partial charge in [-0.25, -0.2) is 0 Å². The minimum absolute atomic E-state index is 0.0742. The van der Waals surface area contributed by atoms with E-state index in [0.29, 0.717) is 6.10 Å². The lowest BCUT2D eigenvalue weighted by atomic mass is 9.56. The first-order valence-electron chi connectivity index (χ1n) is 6.30. The smallest absolute Gasteiger partial charge is 0.0688 e. The van der Waals surface area contributed by atoms with Crippen LogP contribution in [0.1, 0.15) is 59.3 Å². The fourth-order valence-corrected chi connectivity index (χ4v) is 3.18. The molecule has 2 unspecified atom stereocenters. The largest absolute Gasteiger partial charge is 0.392 e. The Balaban J connectivity index is 2.02. The van der Waals surface area contributed by atoms with Gasteiger partial charge in [-0.2, -0.15) is 0 Å². The molecule has 0 aromatic rings. The molecule has 0 bridgehead atoms. The monoisotopic (exact) mass is 212 g/mol. The van der Waals surface area contributed by atoms with E-state index >= 15 is 0 Å². The third-order valence-corrected chi connectivity index (χ3v) is 4.02. The average molecular weight is 212 g/mol. The predicted octanol–water partition coefficient (Wildman–Crippen LogP) is 2.89. The molecule has 2 aliphatic carbocycles. The second kappa shape index (κ2) is 3.74. The van der Waals surface area contributed by atoms with E-state index in [1.54, 1.807) is 0 Å². The van der Waals surface area contributed by atoms with E-state index in [-0.39, 0.29) is 17.1 Å². The van der Waals surface area contributed by atoms with Crippen LogP contribution in [0.4, 0.5) is 0 Å². The summed E-state index contributed by atoms with van der Waals surface area (Å²) in [5.41, 5.74) is 0.0424. The zero-order valence-electron chi connectivity index (χ0n) is 10.3. The maximum absolute atomic E-state index is 10.0. The molecule has 15 heavy (non-hydrogen) atoms. The standard InChI is InChI=1S/C13H24O2/c1-12(2,3)15-11-9-10(14)13(11)7-5-4-6-8-13/h10-11,14H,4-9H2,1-3H3. The fraction of sp³-hybridized carbons (Fsp3) is 1.00. The third kappa shape index (κ3) is 2.07. The molecule has 2 rings (SSSR count). The number of aliphatic hydroxyl groups excluding tert-OH is 1. The summed E-state index contributed by atoms with van der Waals surface area (Å²) in [6, 6.07) is 0. The number of hydrogen-bond donors (Lipinski definition) is 1. The number of ether oxygens (including phenoxy) is 1. The molecule has 2 fully saturated rings. The molecular weight excluding hydrogens is 188 g/mol. The molecule has 2 saturated carbocycles. The van der Waals surface area contributed by atoms with Crippen LogP contribution < -0.4 is 0 Å². The lowest BCUT2D eigenvalue weighted by Crippen LogP contribution is -2.60. The van der Waals surface area contributed by atoms with Gasteiger partial charge in [-0.3, -0.25) is 0 Å². The summed E-state index contributed by atoms with van der Waals surface area (Å²) < 4.78 is 6.08. The Bertz CT molecular complexity index is 223. The van der Waals surface area contributed by atoms with Gasteiger partial charge in [-0.15, -0.1) is 0 Å². The van der Waals surface area contributed by atoms with Crippen molar-refractivity contribution in [3.05, 3.63) is 0 Å². The van der Waals surface area contributed by atoms with Crippen LogP contribution in [0.15, 0.2) is 0 Å². The molecule has 2 atom stereocenters. The third-order valence-electron chi connectivity index (χ3n) is 4.02. The van der Waals surface area contributed by atoms with E-state index < -0.39 is 0 Å². The molecule has 88 valence electrons.